The standard InChI is InChI=1S/C19H19N3O4S2/c1-12-18(27-19(21-12)17-4-3-9-26-17)11-20-28(24,25)15-5-6-16-14(10-15)7-8-22(16)13(2)23/h3-6,9-10,20H,7-8,11H2,1-2H3. The van der Waals surface area contributed by atoms with Gasteiger partial charge < -0.3 is 9.32 Å². The summed E-state index contributed by atoms with van der Waals surface area (Å²) < 4.78 is 33.5. The molecular formula is C19H19N3O4S2. The van der Waals surface area contributed by atoms with Crippen molar-refractivity contribution in [3.63, 3.8) is 0 Å². The number of anilines is 1. The van der Waals surface area contributed by atoms with E-state index in [0.717, 1.165) is 26.8 Å². The van der Waals surface area contributed by atoms with E-state index in [1.165, 1.54) is 24.3 Å². The molecule has 3 heterocycles. The molecule has 1 aliphatic rings. The van der Waals surface area contributed by atoms with Crippen LogP contribution in [0.5, 0.6) is 0 Å². The first-order valence-corrected chi connectivity index (χ1v) is 11.1. The van der Waals surface area contributed by atoms with Crippen molar-refractivity contribution in [2.45, 2.75) is 31.7 Å². The van der Waals surface area contributed by atoms with Crippen LogP contribution in [0.25, 0.3) is 10.8 Å². The molecule has 1 amide bonds. The Morgan fingerprint density at radius 3 is 2.89 bits per heavy atom. The Hall–Kier alpha value is -2.49. The average Bonchev–Trinajstić information content (AvgIpc) is 3.38. The van der Waals surface area contributed by atoms with Gasteiger partial charge >= 0.3 is 0 Å². The maximum absolute atomic E-state index is 12.7. The molecule has 0 fully saturated rings. The number of nitrogens with one attached hydrogen (secondary N) is 1. The third-order valence-corrected chi connectivity index (χ3v) is 7.26. The smallest absolute Gasteiger partial charge is 0.240 e. The number of hydrogen-bond acceptors (Lipinski definition) is 6. The molecule has 1 aromatic carbocycles. The molecule has 0 spiro atoms. The van der Waals surface area contributed by atoms with E-state index in [1.807, 2.05) is 13.0 Å². The number of aryl methyl sites for hydroxylation is 1. The Kier molecular flexibility index (Phi) is 4.82. The van der Waals surface area contributed by atoms with E-state index in [-0.39, 0.29) is 17.3 Å². The third-order valence-electron chi connectivity index (χ3n) is 4.68. The fourth-order valence-corrected chi connectivity index (χ4v) is 5.32. The quantitative estimate of drug-likeness (QED) is 0.689. The lowest BCUT2D eigenvalue weighted by Crippen LogP contribution is -2.26. The summed E-state index contributed by atoms with van der Waals surface area (Å²) in [6.45, 7) is 4.09. The molecule has 0 atom stereocenters. The van der Waals surface area contributed by atoms with Gasteiger partial charge in [-0.25, -0.2) is 18.1 Å². The molecule has 4 rings (SSSR count). The molecule has 1 N–H and O–H groups in total. The van der Waals surface area contributed by atoms with E-state index in [1.54, 1.807) is 29.4 Å². The molecular weight excluding hydrogens is 398 g/mol. The van der Waals surface area contributed by atoms with E-state index in [4.69, 9.17) is 4.42 Å². The van der Waals surface area contributed by atoms with Gasteiger partial charge in [0.2, 0.25) is 15.9 Å². The summed E-state index contributed by atoms with van der Waals surface area (Å²) in [5, 5.41) is 0.721. The highest BCUT2D eigenvalue weighted by atomic mass is 32.2. The van der Waals surface area contributed by atoms with Gasteiger partial charge in [-0.2, -0.15) is 0 Å². The van der Waals surface area contributed by atoms with Crippen LogP contribution in [-0.4, -0.2) is 25.9 Å². The Morgan fingerprint density at radius 1 is 1.36 bits per heavy atom. The molecule has 0 radical (unpaired) electrons. The first-order valence-electron chi connectivity index (χ1n) is 8.76. The molecule has 0 bridgehead atoms. The van der Waals surface area contributed by atoms with Crippen LogP contribution < -0.4 is 9.62 Å². The number of aromatic nitrogens is 1. The largest absolute Gasteiger partial charge is 0.462 e. The molecule has 0 saturated carbocycles. The van der Waals surface area contributed by atoms with E-state index in [2.05, 4.69) is 9.71 Å². The molecule has 2 aromatic heterocycles. The van der Waals surface area contributed by atoms with Crippen molar-refractivity contribution < 1.29 is 17.6 Å². The van der Waals surface area contributed by atoms with Crippen molar-refractivity contribution in [1.82, 2.24) is 9.71 Å². The summed E-state index contributed by atoms with van der Waals surface area (Å²) >= 11 is 1.40. The number of thiazole rings is 1. The highest BCUT2D eigenvalue weighted by Crippen LogP contribution is 2.31. The number of fused-ring (bicyclic) bond motifs is 1. The van der Waals surface area contributed by atoms with Gasteiger partial charge in [-0.3, -0.25) is 4.79 Å². The van der Waals surface area contributed by atoms with E-state index < -0.39 is 10.0 Å². The second kappa shape index (κ2) is 7.16. The second-order valence-corrected chi connectivity index (χ2v) is 9.39. The summed E-state index contributed by atoms with van der Waals surface area (Å²) in [5.41, 5.74) is 2.42. The van der Waals surface area contributed by atoms with Gasteiger partial charge in [-0.1, -0.05) is 0 Å². The fraction of sp³-hybridized carbons (Fsp3) is 0.263. The minimum Gasteiger partial charge on any atom is -0.462 e. The molecule has 7 nitrogen and oxygen atoms in total. The lowest BCUT2D eigenvalue weighted by atomic mass is 10.2. The summed E-state index contributed by atoms with van der Waals surface area (Å²) in [6.07, 6.45) is 2.23. The van der Waals surface area contributed by atoms with Crippen molar-refractivity contribution in [2.24, 2.45) is 0 Å². The number of amides is 1. The minimum atomic E-state index is -3.68. The average molecular weight is 418 g/mol. The maximum atomic E-state index is 12.7. The number of sulfonamides is 1. The predicted molar refractivity (Wildman–Crippen MR) is 107 cm³/mol. The molecule has 0 aliphatic carbocycles. The zero-order valence-electron chi connectivity index (χ0n) is 15.4. The lowest BCUT2D eigenvalue weighted by molar-refractivity contribution is -0.116. The number of hydrogen-bond donors (Lipinski definition) is 1. The highest BCUT2D eigenvalue weighted by molar-refractivity contribution is 7.89. The van der Waals surface area contributed by atoms with Crippen molar-refractivity contribution in [3.05, 3.63) is 52.7 Å². The van der Waals surface area contributed by atoms with Gasteiger partial charge in [0.15, 0.2) is 10.8 Å². The van der Waals surface area contributed by atoms with E-state index in [9.17, 15) is 13.2 Å². The number of benzene rings is 1. The molecule has 0 saturated heterocycles. The third kappa shape index (κ3) is 3.48. The van der Waals surface area contributed by atoms with Crippen LogP contribution in [0, 0.1) is 6.92 Å². The normalized spacial score (nSPS) is 13.7. The minimum absolute atomic E-state index is 0.0412. The Labute approximate surface area is 167 Å². The maximum Gasteiger partial charge on any atom is 0.240 e. The van der Waals surface area contributed by atoms with Gasteiger partial charge in [0.05, 0.1) is 16.9 Å². The van der Waals surface area contributed by atoms with Gasteiger partial charge in [0.1, 0.15) is 0 Å². The van der Waals surface area contributed by atoms with Gasteiger partial charge in [-0.15, -0.1) is 11.3 Å². The predicted octanol–water partition coefficient (Wildman–Crippen LogP) is 3.10. The topological polar surface area (TPSA) is 92.5 Å². The second-order valence-electron chi connectivity index (χ2n) is 6.54. The van der Waals surface area contributed by atoms with Crippen LogP contribution in [0.1, 0.15) is 23.1 Å². The number of furan rings is 1. The SMILES string of the molecule is CC(=O)N1CCc2cc(S(=O)(=O)NCc3sc(-c4ccco4)nc3C)ccc21. The molecule has 28 heavy (non-hydrogen) atoms. The van der Waals surface area contributed by atoms with Crippen molar-refractivity contribution in [3.8, 4) is 10.8 Å². The number of carbonyl (C=O) groups is 1. The van der Waals surface area contributed by atoms with Crippen LogP contribution in [0.15, 0.2) is 45.9 Å². The summed E-state index contributed by atoms with van der Waals surface area (Å²) in [4.78, 5) is 18.8. The molecule has 146 valence electrons. The van der Waals surface area contributed by atoms with E-state index in [0.29, 0.717) is 18.7 Å². The number of carbonyl (C=O) groups excluding carboxylic acids is 1. The summed E-state index contributed by atoms with van der Waals surface area (Å²) in [7, 11) is -3.68. The van der Waals surface area contributed by atoms with Crippen molar-refractivity contribution >= 4 is 33.0 Å². The van der Waals surface area contributed by atoms with Gasteiger partial charge in [0, 0.05) is 30.6 Å². The van der Waals surface area contributed by atoms with E-state index >= 15 is 0 Å². The summed E-state index contributed by atoms with van der Waals surface area (Å²) in [6, 6.07) is 8.49. The Bertz CT molecular complexity index is 1130. The fourth-order valence-electron chi connectivity index (χ4n) is 3.21. The first kappa shape index (κ1) is 18.9. The summed E-state index contributed by atoms with van der Waals surface area (Å²) in [5.74, 6) is 0.622. The zero-order valence-corrected chi connectivity index (χ0v) is 17.1. The zero-order chi connectivity index (χ0) is 19.9. The van der Waals surface area contributed by atoms with Crippen molar-refractivity contribution in [1.29, 1.82) is 0 Å². The Morgan fingerprint density at radius 2 is 2.18 bits per heavy atom. The number of nitrogens with zero attached hydrogens (tertiary/aromatic N) is 2. The molecule has 3 aromatic rings. The molecule has 0 unspecified atom stereocenters. The highest BCUT2D eigenvalue weighted by Gasteiger charge is 2.25. The molecule has 1 aliphatic heterocycles. The van der Waals surface area contributed by atoms with Crippen LogP contribution in [0.3, 0.4) is 0 Å². The molecule has 9 heteroatoms. The van der Waals surface area contributed by atoms with Crippen LogP contribution in [0.4, 0.5) is 5.69 Å². The van der Waals surface area contributed by atoms with Crippen LogP contribution in [0.2, 0.25) is 0 Å². The number of rotatable bonds is 5. The van der Waals surface area contributed by atoms with Crippen LogP contribution in [-0.2, 0) is 27.8 Å². The Balaban J connectivity index is 1.52. The van der Waals surface area contributed by atoms with Gasteiger partial charge in [0.25, 0.3) is 0 Å². The lowest BCUT2D eigenvalue weighted by Gasteiger charge is -2.15. The van der Waals surface area contributed by atoms with Crippen molar-refractivity contribution in [2.75, 3.05) is 11.4 Å². The first-order chi connectivity index (χ1) is 13.3. The van der Waals surface area contributed by atoms with Crippen LogP contribution >= 0.6 is 11.3 Å². The van der Waals surface area contributed by atoms with Gasteiger partial charge in [-0.05, 0) is 49.2 Å². The monoisotopic (exact) mass is 417 g/mol.